The number of rotatable bonds is 7. The molecule has 2 heterocycles. The summed E-state index contributed by atoms with van der Waals surface area (Å²) in [5, 5.41) is 9.35. The first kappa shape index (κ1) is 21.5. The molecule has 0 saturated heterocycles. The van der Waals surface area contributed by atoms with E-state index in [-0.39, 0.29) is 35.6 Å². The molecule has 0 bridgehead atoms. The van der Waals surface area contributed by atoms with E-state index in [0.29, 0.717) is 6.54 Å². The topological polar surface area (TPSA) is 83.6 Å². The summed E-state index contributed by atoms with van der Waals surface area (Å²) in [6, 6.07) is 15.0. The second-order valence-electron chi connectivity index (χ2n) is 5.90. The Hall–Kier alpha value is -2.75. The van der Waals surface area contributed by atoms with Crippen LogP contribution in [-0.4, -0.2) is 30.0 Å². The lowest BCUT2D eigenvalue weighted by Crippen LogP contribution is -2.38. The molecule has 0 fully saturated rings. The Morgan fingerprint density at radius 1 is 1.07 bits per heavy atom. The highest BCUT2D eigenvalue weighted by Gasteiger charge is 2.08. The van der Waals surface area contributed by atoms with Gasteiger partial charge in [0.15, 0.2) is 11.7 Å². The molecular formula is C20H24IN5O2. The van der Waals surface area contributed by atoms with Gasteiger partial charge in [0, 0.05) is 44.8 Å². The van der Waals surface area contributed by atoms with Crippen LogP contribution in [0.4, 0.5) is 5.69 Å². The fraction of sp³-hybridized carbons (Fsp3) is 0.200. The third-order valence-corrected chi connectivity index (χ3v) is 3.97. The highest BCUT2D eigenvalue weighted by atomic mass is 127. The summed E-state index contributed by atoms with van der Waals surface area (Å²) in [5.74, 6) is 0.769. The number of halogens is 1. The summed E-state index contributed by atoms with van der Waals surface area (Å²) in [5.41, 5.74) is 1.80. The number of anilines is 1. The van der Waals surface area contributed by atoms with Gasteiger partial charge in [-0.1, -0.05) is 12.1 Å². The summed E-state index contributed by atoms with van der Waals surface area (Å²) in [4.78, 5) is 16.2. The van der Waals surface area contributed by atoms with Crippen molar-refractivity contribution in [2.24, 2.45) is 4.99 Å². The number of benzene rings is 1. The lowest BCUT2D eigenvalue weighted by molar-refractivity contribution is 0.0996. The second-order valence-corrected chi connectivity index (χ2v) is 5.90. The quantitative estimate of drug-likeness (QED) is 0.268. The molecule has 0 unspecified atom stereocenters. The molecule has 3 N–H and O–H groups in total. The van der Waals surface area contributed by atoms with Gasteiger partial charge in [0.1, 0.15) is 0 Å². The van der Waals surface area contributed by atoms with Gasteiger partial charge < -0.3 is 24.9 Å². The molecule has 3 aromatic rings. The predicted octanol–water partition coefficient (Wildman–Crippen LogP) is 3.32. The van der Waals surface area contributed by atoms with Gasteiger partial charge in [-0.25, -0.2) is 0 Å². The van der Waals surface area contributed by atoms with Crippen LogP contribution in [0.5, 0.6) is 0 Å². The Morgan fingerprint density at radius 3 is 2.46 bits per heavy atom. The number of guanidine groups is 1. The lowest BCUT2D eigenvalue weighted by Gasteiger charge is -2.12. The Labute approximate surface area is 181 Å². The Kier molecular flexibility index (Phi) is 8.60. The van der Waals surface area contributed by atoms with Crippen LogP contribution >= 0.6 is 24.0 Å². The van der Waals surface area contributed by atoms with Gasteiger partial charge in [0.25, 0.3) is 5.91 Å². The lowest BCUT2D eigenvalue weighted by atomic mass is 10.2. The van der Waals surface area contributed by atoms with Crippen LogP contribution in [0.2, 0.25) is 0 Å². The monoisotopic (exact) mass is 493 g/mol. The van der Waals surface area contributed by atoms with Crippen molar-refractivity contribution in [3.63, 3.8) is 0 Å². The number of hydrogen-bond donors (Lipinski definition) is 3. The maximum Gasteiger partial charge on any atom is 0.291 e. The molecule has 3 rings (SSSR count). The molecule has 1 aromatic carbocycles. The van der Waals surface area contributed by atoms with Gasteiger partial charge in [-0.15, -0.1) is 24.0 Å². The van der Waals surface area contributed by atoms with Crippen LogP contribution in [-0.2, 0) is 13.1 Å². The molecule has 0 radical (unpaired) electrons. The number of aromatic nitrogens is 1. The van der Waals surface area contributed by atoms with E-state index < -0.39 is 0 Å². The Balaban J connectivity index is 0.00000280. The van der Waals surface area contributed by atoms with Crippen LogP contribution in [0, 0.1) is 0 Å². The van der Waals surface area contributed by atoms with E-state index >= 15 is 0 Å². The van der Waals surface area contributed by atoms with Gasteiger partial charge in [0.05, 0.1) is 6.26 Å². The van der Waals surface area contributed by atoms with Crippen LogP contribution in [0.3, 0.4) is 0 Å². The first-order valence-corrected chi connectivity index (χ1v) is 8.73. The zero-order chi connectivity index (χ0) is 18.9. The maximum atomic E-state index is 12.0. The zero-order valence-electron chi connectivity index (χ0n) is 15.6. The molecule has 7 nitrogen and oxygen atoms in total. The minimum absolute atomic E-state index is 0. The van der Waals surface area contributed by atoms with Crippen molar-refractivity contribution in [3.8, 4) is 0 Å². The van der Waals surface area contributed by atoms with Gasteiger partial charge in [0.2, 0.25) is 0 Å². The minimum Gasteiger partial charge on any atom is -0.459 e. The molecule has 148 valence electrons. The first-order valence-electron chi connectivity index (χ1n) is 8.73. The Bertz CT molecular complexity index is 859. The second kappa shape index (κ2) is 11.2. The van der Waals surface area contributed by atoms with E-state index in [9.17, 15) is 4.79 Å². The van der Waals surface area contributed by atoms with Crippen molar-refractivity contribution in [3.05, 3.63) is 78.5 Å². The summed E-state index contributed by atoms with van der Waals surface area (Å²) >= 11 is 0. The molecule has 0 spiro atoms. The van der Waals surface area contributed by atoms with E-state index in [1.807, 2.05) is 48.8 Å². The predicted molar refractivity (Wildman–Crippen MR) is 121 cm³/mol. The third-order valence-electron chi connectivity index (χ3n) is 3.97. The molecule has 28 heavy (non-hydrogen) atoms. The average molecular weight is 493 g/mol. The standard InChI is InChI=1S/C20H23N5O2.HI/c1-21-20(22-10-13-25-11-2-3-12-25)23-15-16-6-8-17(9-7-16)24-19(26)18-5-4-14-27-18;/h2-9,11-12,14H,10,13,15H2,1H3,(H,24,26)(H2,21,22,23);1H. The van der Waals surface area contributed by atoms with Crippen LogP contribution in [0.15, 0.2) is 76.6 Å². The molecule has 0 saturated carbocycles. The van der Waals surface area contributed by atoms with Crippen LogP contribution in [0.25, 0.3) is 0 Å². The molecule has 0 aliphatic heterocycles. The molecule has 2 aromatic heterocycles. The highest BCUT2D eigenvalue weighted by molar-refractivity contribution is 14.0. The van der Waals surface area contributed by atoms with E-state index in [4.69, 9.17) is 4.42 Å². The third kappa shape index (κ3) is 6.45. The van der Waals surface area contributed by atoms with Crippen molar-refractivity contribution in [2.45, 2.75) is 13.1 Å². The first-order chi connectivity index (χ1) is 13.2. The summed E-state index contributed by atoms with van der Waals surface area (Å²) in [6.07, 6.45) is 5.54. The van der Waals surface area contributed by atoms with Gasteiger partial charge in [-0.05, 0) is 42.0 Å². The van der Waals surface area contributed by atoms with E-state index in [2.05, 4.69) is 25.5 Å². The van der Waals surface area contributed by atoms with Crippen molar-refractivity contribution in [1.82, 2.24) is 15.2 Å². The van der Waals surface area contributed by atoms with Crippen molar-refractivity contribution in [2.75, 3.05) is 18.9 Å². The van der Waals surface area contributed by atoms with Gasteiger partial charge in [-0.2, -0.15) is 0 Å². The minimum atomic E-state index is -0.266. The molecule has 8 heteroatoms. The maximum absolute atomic E-state index is 12.0. The molecular weight excluding hydrogens is 469 g/mol. The van der Waals surface area contributed by atoms with Crippen molar-refractivity contribution >= 4 is 41.5 Å². The van der Waals surface area contributed by atoms with Crippen LogP contribution in [0.1, 0.15) is 16.1 Å². The highest BCUT2D eigenvalue weighted by Crippen LogP contribution is 2.11. The summed E-state index contributed by atoms with van der Waals surface area (Å²) < 4.78 is 7.19. The molecule has 0 aliphatic carbocycles. The van der Waals surface area contributed by atoms with E-state index in [1.54, 1.807) is 19.2 Å². The number of carbonyl (C=O) groups is 1. The number of amides is 1. The smallest absolute Gasteiger partial charge is 0.291 e. The zero-order valence-corrected chi connectivity index (χ0v) is 17.9. The average Bonchev–Trinajstić information content (AvgIpc) is 3.39. The van der Waals surface area contributed by atoms with Crippen molar-refractivity contribution in [1.29, 1.82) is 0 Å². The summed E-state index contributed by atoms with van der Waals surface area (Å²) in [6.45, 7) is 2.29. The number of nitrogens with zero attached hydrogens (tertiary/aromatic N) is 2. The number of nitrogens with one attached hydrogen (secondary N) is 3. The SMILES string of the molecule is CN=C(NCCn1cccc1)NCc1ccc(NC(=O)c2ccco2)cc1.I. The van der Waals surface area contributed by atoms with Gasteiger partial charge in [-0.3, -0.25) is 9.79 Å². The van der Waals surface area contributed by atoms with Crippen LogP contribution < -0.4 is 16.0 Å². The van der Waals surface area contributed by atoms with Gasteiger partial charge >= 0.3 is 0 Å². The normalized spacial score (nSPS) is 10.8. The summed E-state index contributed by atoms with van der Waals surface area (Å²) in [7, 11) is 1.75. The number of carbonyl (C=O) groups excluding carboxylic acids is 1. The van der Waals surface area contributed by atoms with E-state index in [0.717, 1.165) is 30.3 Å². The number of furan rings is 1. The number of aliphatic imine (C=N–C) groups is 1. The fourth-order valence-corrected chi connectivity index (χ4v) is 2.54. The molecule has 0 aliphatic rings. The molecule has 0 atom stereocenters. The fourth-order valence-electron chi connectivity index (χ4n) is 2.54. The number of hydrogen-bond acceptors (Lipinski definition) is 3. The van der Waals surface area contributed by atoms with E-state index in [1.165, 1.54) is 6.26 Å². The largest absolute Gasteiger partial charge is 0.459 e. The van der Waals surface area contributed by atoms with Crippen molar-refractivity contribution < 1.29 is 9.21 Å². The Morgan fingerprint density at radius 2 is 1.82 bits per heavy atom. The molecule has 1 amide bonds.